The maximum absolute atomic E-state index is 12.9. The van der Waals surface area contributed by atoms with Gasteiger partial charge in [-0.15, -0.1) is 0 Å². The molecule has 0 saturated carbocycles. The molecular weight excluding hydrogens is 387 g/mol. The quantitative estimate of drug-likeness (QED) is 0.617. The fourth-order valence-electron chi connectivity index (χ4n) is 3.51. The number of nitrogens with zero attached hydrogens (tertiary/aromatic N) is 3. The summed E-state index contributed by atoms with van der Waals surface area (Å²) in [5, 5.41) is 12.8. The molecule has 1 saturated heterocycles. The lowest BCUT2D eigenvalue weighted by atomic mass is 10.1. The molecule has 2 heterocycles. The molecule has 30 heavy (non-hydrogen) atoms. The molecule has 1 aromatic carbocycles. The third kappa shape index (κ3) is 6.90. The number of unbranched alkanes of at least 4 members (excludes halogenated alkanes) is 1. The first-order valence-corrected chi connectivity index (χ1v) is 10.6. The third-order valence-electron chi connectivity index (χ3n) is 5.33. The van der Waals surface area contributed by atoms with Crippen LogP contribution in [0.3, 0.4) is 0 Å². The maximum atomic E-state index is 12.9. The lowest BCUT2D eigenvalue weighted by Crippen LogP contribution is -2.48. The van der Waals surface area contributed by atoms with Gasteiger partial charge in [-0.25, -0.2) is 9.37 Å². The van der Waals surface area contributed by atoms with Crippen LogP contribution in [0.4, 0.5) is 4.39 Å². The van der Waals surface area contributed by atoms with Crippen LogP contribution >= 0.6 is 0 Å². The van der Waals surface area contributed by atoms with Gasteiger partial charge in [0.25, 0.3) is 5.91 Å². The Kier molecular flexibility index (Phi) is 8.36. The van der Waals surface area contributed by atoms with E-state index in [2.05, 4.69) is 27.0 Å². The largest absolute Gasteiger partial charge is 0.447 e. The summed E-state index contributed by atoms with van der Waals surface area (Å²) in [5.41, 5.74) is 1.05. The van der Waals surface area contributed by atoms with Gasteiger partial charge in [0, 0.05) is 39.3 Å². The summed E-state index contributed by atoms with van der Waals surface area (Å²) < 4.78 is 18.4. The minimum Gasteiger partial charge on any atom is -0.447 e. The van der Waals surface area contributed by atoms with E-state index in [0.29, 0.717) is 19.0 Å². The number of aliphatic hydroxyl groups excluding tert-OH is 1. The lowest BCUT2D eigenvalue weighted by molar-refractivity contribution is 0.0627. The highest BCUT2D eigenvalue weighted by atomic mass is 19.1. The van der Waals surface area contributed by atoms with Gasteiger partial charge in [0.15, 0.2) is 5.69 Å². The van der Waals surface area contributed by atoms with Crippen LogP contribution in [-0.4, -0.2) is 64.6 Å². The molecule has 2 aromatic rings. The minimum absolute atomic E-state index is 0.241. The molecule has 2 N–H and O–H groups in total. The number of aliphatic hydroxyl groups is 1. The van der Waals surface area contributed by atoms with Crippen LogP contribution < -0.4 is 5.32 Å². The van der Waals surface area contributed by atoms with E-state index in [4.69, 9.17) is 4.42 Å². The molecule has 7 nitrogen and oxygen atoms in total. The summed E-state index contributed by atoms with van der Waals surface area (Å²) in [6.07, 6.45) is 4.15. The summed E-state index contributed by atoms with van der Waals surface area (Å²) in [6, 6.07) is 5.99. The molecule has 0 radical (unpaired) electrons. The Hall–Kier alpha value is -2.29. The molecule has 1 aliphatic rings. The number of oxazole rings is 1. The first-order valence-electron chi connectivity index (χ1n) is 10.6. The van der Waals surface area contributed by atoms with Crippen molar-refractivity contribution in [1.29, 1.82) is 0 Å². The topological polar surface area (TPSA) is 81.8 Å². The zero-order valence-electron chi connectivity index (χ0n) is 17.5. The number of carbonyl (C=O) groups excluding carboxylic acids is 1. The molecule has 0 aliphatic carbocycles. The standard InChI is InChI=1S/C22H31FN4O3/c1-2-3-4-19(28)14-26-9-11-27(12-10-26)15-21-25-20(16-30-21)22(29)24-13-17-5-7-18(23)8-6-17/h5-8,16,19,28H,2-4,9-15H2,1H3,(H,24,29)/t19-/m1/s1. The second-order valence-electron chi connectivity index (χ2n) is 7.81. The van der Waals surface area contributed by atoms with Crippen LogP contribution in [0.1, 0.15) is 48.1 Å². The predicted octanol–water partition coefficient (Wildman–Crippen LogP) is 2.41. The molecule has 1 amide bonds. The van der Waals surface area contributed by atoms with Crippen LogP contribution in [0.25, 0.3) is 0 Å². The average molecular weight is 419 g/mol. The van der Waals surface area contributed by atoms with Gasteiger partial charge in [0.2, 0.25) is 5.89 Å². The highest BCUT2D eigenvalue weighted by Gasteiger charge is 2.21. The van der Waals surface area contributed by atoms with Crippen molar-refractivity contribution in [3.05, 3.63) is 53.5 Å². The van der Waals surface area contributed by atoms with Gasteiger partial charge in [-0.2, -0.15) is 0 Å². The van der Waals surface area contributed by atoms with Crippen molar-refractivity contribution < 1.29 is 18.7 Å². The smallest absolute Gasteiger partial charge is 0.273 e. The van der Waals surface area contributed by atoms with Crippen molar-refractivity contribution in [1.82, 2.24) is 20.1 Å². The average Bonchev–Trinajstić information content (AvgIpc) is 3.21. The number of piperazine rings is 1. The number of nitrogens with one attached hydrogen (secondary N) is 1. The van der Waals surface area contributed by atoms with Crippen molar-refractivity contribution in [2.75, 3.05) is 32.7 Å². The molecular formula is C22H31FN4O3. The Bertz CT molecular complexity index is 788. The zero-order chi connectivity index (χ0) is 21.3. The fourth-order valence-corrected chi connectivity index (χ4v) is 3.51. The van der Waals surface area contributed by atoms with Gasteiger partial charge < -0.3 is 14.8 Å². The highest BCUT2D eigenvalue weighted by molar-refractivity contribution is 5.91. The van der Waals surface area contributed by atoms with Crippen molar-refractivity contribution in [2.24, 2.45) is 0 Å². The lowest BCUT2D eigenvalue weighted by Gasteiger charge is -2.35. The van der Waals surface area contributed by atoms with E-state index in [9.17, 15) is 14.3 Å². The van der Waals surface area contributed by atoms with E-state index in [1.165, 1.54) is 18.4 Å². The van der Waals surface area contributed by atoms with E-state index in [1.807, 2.05) is 0 Å². The molecule has 164 valence electrons. The maximum Gasteiger partial charge on any atom is 0.273 e. The number of rotatable bonds is 10. The highest BCUT2D eigenvalue weighted by Crippen LogP contribution is 2.11. The summed E-state index contributed by atoms with van der Waals surface area (Å²) in [5.74, 6) is -0.113. The summed E-state index contributed by atoms with van der Waals surface area (Å²) >= 11 is 0. The number of halogens is 1. The predicted molar refractivity (Wildman–Crippen MR) is 111 cm³/mol. The summed E-state index contributed by atoms with van der Waals surface area (Å²) in [4.78, 5) is 21.1. The molecule has 0 spiro atoms. The third-order valence-corrected chi connectivity index (χ3v) is 5.33. The van der Waals surface area contributed by atoms with Crippen molar-refractivity contribution in [3.8, 4) is 0 Å². The van der Waals surface area contributed by atoms with E-state index >= 15 is 0 Å². The summed E-state index contributed by atoms with van der Waals surface area (Å²) in [7, 11) is 0. The fraction of sp³-hybridized carbons (Fsp3) is 0.545. The Labute approximate surface area is 176 Å². The number of β-amino-alcohol motifs (C(OH)–C–C–N with tert-alkyl or cyclic N) is 1. The number of hydrogen-bond donors (Lipinski definition) is 2. The number of hydrogen-bond acceptors (Lipinski definition) is 6. The number of aromatic nitrogens is 1. The Morgan fingerprint density at radius 2 is 1.93 bits per heavy atom. The van der Waals surface area contributed by atoms with Crippen molar-refractivity contribution in [3.63, 3.8) is 0 Å². The normalized spacial score (nSPS) is 16.5. The monoisotopic (exact) mass is 418 g/mol. The minimum atomic E-state index is -0.319. The van der Waals surface area contributed by atoms with Gasteiger partial charge in [-0.05, 0) is 24.1 Å². The van der Waals surface area contributed by atoms with Gasteiger partial charge in [0.1, 0.15) is 12.1 Å². The SMILES string of the molecule is CCCC[C@@H](O)CN1CCN(Cc2nc(C(=O)NCc3ccc(F)cc3)co2)CC1. The number of carbonyl (C=O) groups is 1. The van der Waals surface area contributed by atoms with Crippen molar-refractivity contribution >= 4 is 5.91 Å². The number of amides is 1. The Balaban J connectivity index is 1.40. The van der Waals surface area contributed by atoms with E-state index in [1.54, 1.807) is 12.1 Å². The molecule has 1 fully saturated rings. The van der Waals surface area contributed by atoms with Gasteiger partial charge in [-0.3, -0.25) is 14.6 Å². The second kappa shape index (κ2) is 11.2. The number of benzene rings is 1. The molecule has 0 unspecified atom stereocenters. The zero-order valence-corrected chi connectivity index (χ0v) is 17.5. The van der Waals surface area contributed by atoms with Crippen LogP contribution in [0.5, 0.6) is 0 Å². The van der Waals surface area contributed by atoms with E-state index in [0.717, 1.165) is 57.5 Å². The Morgan fingerprint density at radius 3 is 2.63 bits per heavy atom. The van der Waals surface area contributed by atoms with Crippen LogP contribution in [0.2, 0.25) is 0 Å². The van der Waals surface area contributed by atoms with Crippen LogP contribution in [0.15, 0.2) is 34.9 Å². The first-order chi connectivity index (χ1) is 14.5. The molecule has 1 aliphatic heterocycles. The second-order valence-corrected chi connectivity index (χ2v) is 7.81. The van der Waals surface area contributed by atoms with Crippen molar-refractivity contribution in [2.45, 2.75) is 45.4 Å². The van der Waals surface area contributed by atoms with Crippen LogP contribution in [-0.2, 0) is 13.1 Å². The molecule has 1 atom stereocenters. The molecule has 8 heteroatoms. The molecule has 3 rings (SSSR count). The summed E-state index contributed by atoms with van der Waals surface area (Å²) in [6.45, 7) is 7.25. The van der Waals surface area contributed by atoms with Gasteiger partial charge in [-0.1, -0.05) is 31.9 Å². The Morgan fingerprint density at radius 1 is 1.23 bits per heavy atom. The molecule has 1 aromatic heterocycles. The van der Waals surface area contributed by atoms with E-state index < -0.39 is 0 Å². The van der Waals surface area contributed by atoms with Gasteiger partial charge in [0.05, 0.1) is 12.6 Å². The van der Waals surface area contributed by atoms with Gasteiger partial charge >= 0.3 is 0 Å². The van der Waals surface area contributed by atoms with E-state index in [-0.39, 0.29) is 23.5 Å². The molecule has 0 bridgehead atoms. The van der Waals surface area contributed by atoms with Crippen LogP contribution in [0, 0.1) is 5.82 Å². The first kappa shape index (κ1) is 22.4.